The molecule has 2 aliphatic carbocycles. The molecule has 1 atom stereocenters. The minimum absolute atomic E-state index is 0.118. The normalized spacial score (nSPS) is 16.2. The van der Waals surface area contributed by atoms with Gasteiger partial charge in [-0.05, 0) is 52.9 Å². The van der Waals surface area contributed by atoms with E-state index in [1.165, 1.54) is 58.8 Å². The van der Waals surface area contributed by atoms with Gasteiger partial charge in [0.15, 0.2) is 11.6 Å². The fraction of sp³-hybridized carbons (Fsp3) is 0.104. The Balaban J connectivity index is 1.09. The number of aromatic nitrogens is 4. The highest BCUT2D eigenvalue weighted by atomic mass is 32.1. The lowest BCUT2D eigenvalue weighted by Crippen LogP contribution is -2.19. The van der Waals surface area contributed by atoms with Gasteiger partial charge in [-0.15, -0.1) is 11.3 Å². The fourth-order valence-electron chi connectivity index (χ4n) is 8.86. The maximum absolute atomic E-state index is 5.18. The van der Waals surface area contributed by atoms with Gasteiger partial charge in [0.05, 0.1) is 11.0 Å². The zero-order chi connectivity index (χ0) is 35.3. The summed E-state index contributed by atoms with van der Waals surface area (Å²) in [5.41, 5.74) is 11.0. The summed E-state index contributed by atoms with van der Waals surface area (Å²) in [6.45, 7) is 4.83. The van der Waals surface area contributed by atoms with Gasteiger partial charge in [0.1, 0.15) is 0 Å². The molecule has 5 heteroatoms. The van der Waals surface area contributed by atoms with Crippen LogP contribution in [0.4, 0.5) is 0 Å². The molecule has 0 bridgehead atoms. The molecule has 0 fully saturated rings. The predicted octanol–water partition coefficient (Wildman–Crippen LogP) is 12.5. The molecule has 0 spiro atoms. The van der Waals surface area contributed by atoms with Crippen LogP contribution in [0.2, 0.25) is 0 Å². The SMILES string of the molecule is CC1(C)C2=C(C=CC(c3cccc4c3sc3ccccc34)C2)c2cc3c(cc21)c1ccccc1n3-c1nc(-c2ccccc2)nc(-c2ccccc2)n1. The summed E-state index contributed by atoms with van der Waals surface area (Å²) >= 11 is 1.93. The number of rotatable bonds is 4. The number of nitrogens with zero attached hydrogens (tertiary/aromatic N) is 4. The largest absolute Gasteiger partial charge is 0.278 e. The third-order valence-electron chi connectivity index (χ3n) is 11.5. The van der Waals surface area contributed by atoms with Gasteiger partial charge in [0.25, 0.3) is 0 Å². The minimum Gasteiger partial charge on any atom is -0.278 e. The number of benzene rings is 6. The van der Waals surface area contributed by atoms with Gasteiger partial charge in [-0.2, -0.15) is 9.97 Å². The molecule has 0 saturated heterocycles. The molecule has 53 heavy (non-hydrogen) atoms. The Bertz CT molecular complexity index is 2940. The molecule has 0 saturated carbocycles. The van der Waals surface area contributed by atoms with Gasteiger partial charge >= 0.3 is 0 Å². The van der Waals surface area contributed by atoms with E-state index in [1.807, 2.05) is 47.7 Å². The van der Waals surface area contributed by atoms with Crippen molar-refractivity contribution in [2.45, 2.75) is 31.6 Å². The minimum atomic E-state index is -0.118. The number of hydrogen-bond acceptors (Lipinski definition) is 4. The van der Waals surface area contributed by atoms with Crippen molar-refractivity contribution in [3.05, 3.63) is 174 Å². The molecular weight excluding hydrogens is 665 g/mol. The summed E-state index contributed by atoms with van der Waals surface area (Å²) < 4.78 is 5.01. The Morgan fingerprint density at radius 3 is 2.04 bits per heavy atom. The van der Waals surface area contributed by atoms with Crippen LogP contribution in [-0.2, 0) is 5.41 Å². The van der Waals surface area contributed by atoms with Crippen LogP contribution >= 0.6 is 11.3 Å². The first-order valence-corrected chi connectivity index (χ1v) is 19.1. The summed E-state index contributed by atoms with van der Waals surface area (Å²) in [5, 5.41) is 5.13. The Labute approximate surface area is 311 Å². The van der Waals surface area contributed by atoms with Crippen molar-refractivity contribution in [3.63, 3.8) is 0 Å². The van der Waals surface area contributed by atoms with E-state index in [1.54, 1.807) is 0 Å². The third kappa shape index (κ3) is 4.57. The Morgan fingerprint density at radius 1 is 0.623 bits per heavy atom. The first-order valence-electron chi connectivity index (χ1n) is 18.3. The van der Waals surface area contributed by atoms with E-state index in [0.29, 0.717) is 23.5 Å². The Hall–Kier alpha value is -6.17. The zero-order valence-electron chi connectivity index (χ0n) is 29.4. The predicted molar refractivity (Wildman–Crippen MR) is 221 cm³/mol. The molecule has 0 N–H and O–H groups in total. The molecule has 9 aromatic rings. The van der Waals surface area contributed by atoms with Crippen LogP contribution < -0.4 is 0 Å². The van der Waals surface area contributed by atoms with Crippen molar-refractivity contribution in [2.24, 2.45) is 0 Å². The average molecular weight is 699 g/mol. The van der Waals surface area contributed by atoms with Crippen molar-refractivity contribution in [1.29, 1.82) is 0 Å². The van der Waals surface area contributed by atoms with Crippen LogP contribution in [0, 0.1) is 0 Å². The summed E-state index contributed by atoms with van der Waals surface area (Å²) in [5.74, 6) is 2.25. The summed E-state index contributed by atoms with van der Waals surface area (Å²) in [6, 6.07) is 49.6. The quantitative estimate of drug-likeness (QED) is 0.184. The molecular formula is C48H34N4S. The highest BCUT2D eigenvalue weighted by molar-refractivity contribution is 7.26. The maximum atomic E-state index is 5.18. The lowest BCUT2D eigenvalue weighted by atomic mass is 9.75. The van der Waals surface area contributed by atoms with Crippen molar-refractivity contribution in [3.8, 4) is 28.7 Å². The monoisotopic (exact) mass is 698 g/mol. The second kappa shape index (κ2) is 11.4. The zero-order valence-corrected chi connectivity index (χ0v) is 30.2. The molecule has 11 rings (SSSR count). The lowest BCUT2D eigenvalue weighted by Gasteiger charge is -2.29. The molecule has 6 aromatic carbocycles. The lowest BCUT2D eigenvalue weighted by molar-refractivity contribution is 0.592. The van der Waals surface area contributed by atoms with Crippen LogP contribution in [0.3, 0.4) is 0 Å². The molecule has 3 aromatic heterocycles. The topological polar surface area (TPSA) is 43.6 Å². The number of allylic oxidation sites excluding steroid dienone is 4. The maximum Gasteiger partial charge on any atom is 0.238 e. The second-order valence-electron chi connectivity index (χ2n) is 14.8. The molecule has 0 amide bonds. The fourth-order valence-corrected chi connectivity index (χ4v) is 10.1. The van der Waals surface area contributed by atoms with E-state index in [2.05, 4.69) is 134 Å². The highest BCUT2D eigenvalue weighted by Gasteiger charge is 2.40. The van der Waals surface area contributed by atoms with Crippen LogP contribution in [0.5, 0.6) is 0 Å². The van der Waals surface area contributed by atoms with E-state index in [-0.39, 0.29) is 5.41 Å². The van der Waals surface area contributed by atoms with Crippen molar-refractivity contribution < 1.29 is 0 Å². The molecule has 0 aliphatic heterocycles. The summed E-state index contributed by atoms with van der Waals surface area (Å²) in [7, 11) is 0. The molecule has 252 valence electrons. The molecule has 2 aliphatic rings. The molecule has 4 nitrogen and oxygen atoms in total. The van der Waals surface area contributed by atoms with Crippen molar-refractivity contribution in [1.82, 2.24) is 19.5 Å². The van der Waals surface area contributed by atoms with Crippen molar-refractivity contribution in [2.75, 3.05) is 0 Å². The smallest absolute Gasteiger partial charge is 0.238 e. The van der Waals surface area contributed by atoms with E-state index < -0.39 is 0 Å². The molecule has 1 unspecified atom stereocenters. The standard InChI is InChI=1S/C48H34N4S/c1-48(2)39-26-31(32-20-13-21-36-35-19-10-12-23-43(35)53-44(32)36)24-25-33(39)37-28-42-38(27-40(37)48)34-18-9-11-22-41(34)52(42)47-50-45(29-14-5-3-6-15-29)49-46(51-47)30-16-7-4-8-17-30/h3-25,27-28,31H,26H2,1-2H3. The van der Waals surface area contributed by atoms with Gasteiger partial charge in [-0.25, -0.2) is 4.98 Å². The number of fused-ring (bicyclic) bond motifs is 8. The Kier molecular flexibility index (Phi) is 6.56. The molecule has 3 heterocycles. The Morgan fingerprint density at radius 2 is 1.28 bits per heavy atom. The first-order chi connectivity index (χ1) is 26.0. The van der Waals surface area contributed by atoms with Crippen LogP contribution in [-0.4, -0.2) is 19.5 Å². The average Bonchev–Trinajstić information content (AvgIpc) is 3.83. The van der Waals surface area contributed by atoms with Crippen LogP contribution in [0.15, 0.2) is 157 Å². The van der Waals surface area contributed by atoms with Gasteiger partial charge < -0.3 is 0 Å². The van der Waals surface area contributed by atoms with Gasteiger partial charge in [-0.3, -0.25) is 4.57 Å². The summed E-state index contributed by atoms with van der Waals surface area (Å²) in [4.78, 5) is 15.3. The van der Waals surface area contributed by atoms with E-state index in [4.69, 9.17) is 15.0 Å². The third-order valence-corrected chi connectivity index (χ3v) is 12.7. The highest BCUT2D eigenvalue weighted by Crippen LogP contribution is 2.54. The van der Waals surface area contributed by atoms with Gasteiger partial charge in [0, 0.05) is 53.4 Å². The number of thiophene rings is 1. The summed E-state index contributed by atoms with van der Waals surface area (Å²) in [6.07, 6.45) is 5.86. The van der Waals surface area contributed by atoms with Gasteiger partial charge in [-0.1, -0.05) is 147 Å². The van der Waals surface area contributed by atoms with Crippen molar-refractivity contribution >= 4 is 58.9 Å². The van der Waals surface area contributed by atoms with E-state index >= 15 is 0 Å². The van der Waals surface area contributed by atoms with E-state index in [0.717, 1.165) is 28.6 Å². The van der Waals surface area contributed by atoms with E-state index in [9.17, 15) is 0 Å². The van der Waals surface area contributed by atoms with Crippen LogP contribution in [0.25, 0.3) is 76.3 Å². The van der Waals surface area contributed by atoms with Crippen LogP contribution in [0.1, 0.15) is 42.9 Å². The molecule has 0 radical (unpaired) electrons. The second-order valence-corrected chi connectivity index (χ2v) is 15.8. The number of hydrogen-bond donors (Lipinski definition) is 0. The van der Waals surface area contributed by atoms with Gasteiger partial charge in [0.2, 0.25) is 5.95 Å². The number of para-hydroxylation sites is 1. The first kappa shape index (κ1) is 30.5.